The van der Waals surface area contributed by atoms with Gasteiger partial charge in [-0.1, -0.05) is 0 Å². The lowest BCUT2D eigenvalue weighted by molar-refractivity contribution is 0.415. The van der Waals surface area contributed by atoms with E-state index in [1.807, 2.05) is 42.3 Å². The molecule has 0 aliphatic rings. The summed E-state index contributed by atoms with van der Waals surface area (Å²) in [5.41, 5.74) is 7.61. The summed E-state index contributed by atoms with van der Waals surface area (Å²) >= 11 is 0. The largest absolute Gasteiger partial charge is 0.497 e. The van der Waals surface area contributed by atoms with Gasteiger partial charge in [0.25, 0.3) is 0 Å². The third-order valence-corrected chi connectivity index (χ3v) is 2.62. The van der Waals surface area contributed by atoms with Gasteiger partial charge in [0.1, 0.15) is 11.6 Å². The smallest absolute Gasteiger partial charge is 0.123 e. The summed E-state index contributed by atoms with van der Waals surface area (Å²) in [6.45, 7) is 0. The molecule has 2 rings (SSSR count). The van der Waals surface area contributed by atoms with Crippen molar-refractivity contribution in [2.75, 3.05) is 24.8 Å². The highest BCUT2D eigenvalue weighted by molar-refractivity contribution is 5.63. The van der Waals surface area contributed by atoms with Crippen molar-refractivity contribution in [1.82, 2.24) is 4.98 Å². The van der Waals surface area contributed by atoms with Crippen molar-refractivity contribution in [1.29, 1.82) is 0 Å². The number of hydrogen-bond donors (Lipinski definition) is 1. The highest BCUT2D eigenvalue weighted by atomic mass is 16.5. The normalized spacial score (nSPS) is 10.0. The molecule has 4 nitrogen and oxygen atoms in total. The standard InChI is InChI=1S/C13H15N3O/c1-16(11-5-8-13(14)15-9-11)10-3-6-12(17-2)7-4-10/h3-9H,1-2H3,(H2,14,15). The number of nitrogen functional groups attached to an aromatic ring is 1. The van der Waals surface area contributed by atoms with Crippen LogP contribution in [-0.4, -0.2) is 19.1 Å². The first-order valence-corrected chi connectivity index (χ1v) is 5.30. The molecule has 1 heterocycles. The molecule has 0 atom stereocenters. The summed E-state index contributed by atoms with van der Waals surface area (Å²) in [5, 5.41) is 0. The molecule has 2 N–H and O–H groups in total. The van der Waals surface area contributed by atoms with Crippen LogP contribution in [0.15, 0.2) is 42.6 Å². The third kappa shape index (κ3) is 2.47. The second-order valence-electron chi connectivity index (χ2n) is 3.70. The molecule has 0 aliphatic carbocycles. The fourth-order valence-electron chi connectivity index (χ4n) is 1.55. The van der Waals surface area contributed by atoms with E-state index in [9.17, 15) is 0 Å². The zero-order chi connectivity index (χ0) is 12.3. The van der Waals surface area contributed by atoms with E-state index < -0.39 is 0 Å². The summed E-state index contributed by atoms with van der Waals surface area (Å²) < 4.78 is 5.12. The van der Waals surface area contributed by atoms with Crippen molar-refractivity contribution in [3.05, 3.63) is 42.6 Å². The highest BCUT2D eigenvalue weighted by Crippen LogP contribution is 2.25. The van der Waals surface area contributed by atoms with E-state index in [-0.39, 0.29) is 0 Å². The Balaban J connectivity index is 2.23. The maximum absolute atomic E-state index is 5.56. The van der Waals surface area contributed by atoms with E-state index in [4.69, 9.17) is 10.5 Å². The second kappa shape index (κ2) is 4.74. The van der Waals surface area contributed by atoms with Crippen molar-refractivity contribution in [2.24, 2.45) is 0 Å². The Bertz CT molecular complexity index is 479. The number of pyridine rings is 1. The van der Waals surface area contributed by atoms with Gasteiger partial charge in [0.15, 0.2) is 0 Å². The fourth-order valence-corrected chi connectivity index (χ4v) is 1.55. The van der Waals surface area contributed by atoms with Gasteiger partial charge in [-0.15, -0.1) is 0 Å². The van der Waals surface area contributed by atoms with Crippen molar-refractivity contribution in [3.63, 3.8) is 0 Å². The predicted molar refractivity (Wildman–Crippen MR) is 69.7 cm³/mol. The number of methoxy groups -OCH3 is 1. The summed E-state index contributed by atoms with van der Waals surface area (Å²) in [7, 11) is 3.64. The molecule has 0 fully saturated rings. The molecule has 0 saturated carbocycles. The molecule has 17 heavy (non-hydrogen) atoms. The molecule has 2 aromatic rings. The number of aromatic nitrogens is 1. The number of nitrogens with two attached hydrogens (primary N) is 1. The van der Waals surface area contributed by atoms with Crippen molar-refractivity contribution in [3.8, 4) is 5.75 Å². The zero-order valence-electron chi connectivity index (χ0n) is 9.92. The first-order valence-electron chi connectivity index (χ1n) is 5.30. The van der Waals surface area contributed by atoms with E-state index >= 15 is 0 Å². The average molecular weight is 229 g/mol. The minimum atomic E-state index is 0.525. The first-order chi connectivity index (χ1) is 8.20. The van der Waals surface area contributed by atoms with Crippen LogP contribution in [0, 0.1) is 0 Å². The van der Waals surface area contributed by atoms with E-state index in [0.717, 1.165) is 17.1 Å². The lowest BCUT2D eigenvalue weighted by Gasteiger charge is -2.19. The Kier molecular flexibility index (Phi) is 3.14. The molecule has 1 aromatic carbocycles. The molecule has 4 heteroatoms. The summed E-state index contributed by atoms with van der Waals surface area (Å²) in [4.78, 5) is 6.10. The van der Waals surface area contributed by atoms with Crippen LogP contribution in [0.5, 0.6) is 5.75 Å². The van der Waals surface area contributed by atoms with Gasteiger partial charge >= 0.3 is 0 Å². The van der Waals surface area contributed by atoms with Gasteiger partial charge in [0.2, 0.25) is 0 Å². The van der Waals surface area contributed by atoms with Crippen LogP contribution in [0.25, 0.3) is 0 Å². The topological polar surface area (TPSA) is 51.4 Å². The van der Waals surface area contributed by atoms with E-state index in [2.05, 4.69) is 4.98 Å². The van der Waals surface area contributed by atoms with Crippen molar-refractivity contribution in [2.45, 2.75) is 0 Å². The van der Waals surface area contributed by atoms with Crippen molar-refractivity contribution < 1.29 is 4.74 Å². The Morgan fingerprint density at radius 3 is 2.24 bits per heavy atom. The Labute approximate surface area is 101 Å². The molecule has 0 amide bonds. The number of nitrogens with zero attached hydrogens (tertiary/aromatic N) is 2. The number of benzene rings is 1. The minimum Gasteiger partial charge on any atom is -0.497 e. The SMILES string of the molecule is COc1ccc(N(C)c2ccc(N)nc2)cc1. The van der Waals surface area contributed by atoms with Gasteiger partial charge in [-0.05, 0) is 36.4 Å². The zero-order valence-corrected chi connectivity index (χ0v) is 9.92. The molecule has 0 radical (unpaired) electrons. The molecular weight excluding hydrogens is 214 g/mol. The molecule has 1 aromatic heterocycles. The molecule has 0 bridgehead atoms. The van der Waals surface area contributed by atoms with Gasteiger partial charge in [0, 0.05) is 12.7 Å². The lowest BCUT2D eigenvalue weighted by atomic mass is 10.2. The second-order valence-corrected chi connectivity index (χ2v) is 3.70. The molecule has 88 valence electrons. The van der Waals surface area contributed by atoms with Gasteiger partial charge in [0.05, 0.1) is 19.0 Å². The number of anilines is 3. The number of ether oxygens (including phenoxy) is 1. The van der Waals surface area contributed by atoms with Crippen LogP contribution in [0.2, 0.25) is 0 Å². The van der Waals surface area contributed by atoms with Gasteiger partial charge in [-0.3, -0.25) is 0 Å². The molecule has 0 unspecified atom stereocenters. The van der Waals surface area contributed by atoms with Gasteiger partial charge in [-0.25, -0.2) is 4.98 Å². The Morgan fingerprint density at radius 2 is 1.71 bits per heavy atom. The predicted octanol–water partition coefficient (Wildman–Crippen LogP) is 2.44. The minimum absolute atomic E-state index is 0.525. The summed E-state index contributed by atoms with van der Waals surface area (Å²) in [6, 6.07) is 11.6. The first kappa shape index (κ1) is 11.3. The average Bonchev–Trinajstić information content (AvgIpc) is 2.39. The van der Waals surface area contributed by atoms with E-state index in [1.165, 1.54) is 0 Å². The summed E-state index contributed by atoms with van der Waals surface area (Å²) in [5.74, 6) is 1.37. The molecule has 0 aliphatic heterocycles. The lowest BCUT2D eigenvalue weighted by Crippen LogP contribution is -2.09. The summed E-state index contributed by atoms with van der Waals surface area (Å²) in [6.07, 6.45) is 1.75. The monoisotopic (exact) mass is 229 g/mol. The Morgan fingerprint density at radius 1 is 1.06 bits per heavy atom. The van der Waals surface area contributed by atoms with Gasteiger partial charge in [-0.2, -0.15) is 0 Å². The highest BCUT2D eigenvalue weighted by Gasteiger charge is 2.04. The van der Waals surface area contributed by atoms with Crippen molar-refractivity contribution >= 4 is 17.2 Å². The number of rotatable bonds is 3. The van der Waals surface area contributed by atoms with Crippen LogP contribution in [-0.2, 0) is 0 Å². The molecule has 0 spiro atoms. The maximum Gasteiger partial charge on any atom is 0.123 e. The van der Waals surface area contributed by atoms with Crippen LogP contribution in [0.3, 0.4) is 0 Å². The fraction of sp³-hybridized carbons (Fsp3) is 0.154. The molecule has 0 saturated heterocycles. The van der Waals surface area contributed by atoms with Crippen LogP contribution < -0.4 is 15.4 Å². The molecular formula is C13H15N3O. The van der Waals surface area contributed by atoms with Crippen LogP contribution in [0.1, 0.15) is 0 Å². The quantitative estimate of drug-likeness (QED) is 0.878. The third-order valence-electron chi connectivity index (χ3n) is 2.62. The van der Waals surface area contributed by atoms with Crippen LogP contribution in [0.4, 0.5) is 17.2 Å². The maximum atomic E-state index is 5.56. The van der Waals surface area contributed by atoms with E-state index in [0.29, 0.717) is 5.82 Å². The van der Waals surface area contributed by atoms with E-state index in [1.54, 1.807) is 19.4 Å². The Hall–Kier alpha value is -2.23. The number of hydrogen-bond acceptors (Lipinski definition) is 4. The van der Waals surface area contributed by atoms with Crippen LogP contribution >= 0.6 is 0 Å². The van der Waals surface area contributed by atoms with Gasteiger partial charge < -0.3 is 15.4 Å².